The van der Waals surface area contributed by atoms with Crippen molar-refractivity contribution in [2.24, 2.45) is 0 Å². The van der Waals surface area contributed by atoms with Crippen LogP contribution < -0.4 is 15.1 Å². The Morgan fingerprint density at radius 1 is 1.14 bits per heavy atom. The Morgan fingerprint density at radius 3 is 2.39 bits per heavy atom. The third kappa shape index (κ3) is 5.07. The fourth-order valence-corrected chi connectivity index (χ4v) is 3.36. The molecule has 6 nitrogen and oxygen atoms in total. The second-order valence-electron chi connectivity index (χ2n) is 7.40. The van der Waals surface area contributed by atoms with Crippen LogP contribution in [0.4, 0.5) is 0 Å². The first-order valence-corrected chi connectivity index (χ1v) is 9.63. The average molecular weight is 406 g/mol. The number of halogens is 1. The maximum absolute atomic E-state index is 12.9. The quantitative estimate of drug-likeness (QED) is 0.756. The van der Waals surface area contributed by atoms with Crippen molar-refractivity contribution in [2.45, 2.75) is 45.3 Å². The number of hydrogen-bond donors (Lipinski definition) is 0. The third-order valence-electron chi connectivity index (χ3n) is 4.60. The average Bonchev–Trinajstić information content (AvgIpc) is 2.63. The van der Waals surface area contributed by atoms with Crippen LogP contribution in [0.1, 0.15) is 32.4 Å². The minimum absolute atomic E-state index is 0.0504. The van der Waals surface area contributed by atoms with Crippen LogP contribution in [0.15, 0.2) is 45.6 Å². The molecule has 0 spiro atoms. The number of aryl methyl sites for hydroxylation is 1. The molecule has 3 rings (SSSR count). The first-order chi connectivity index (χ1) is 13.2. The molecule has 0 atom stereocenters. The van der Waals surface area contributed by atoms with E-state index in [1.54, 1.807) is 56.0 Å². The highest BCUT2D eigenvalue weighted by Crippen LogP contribution is 2.25. The predicted octanol–water partition coefficient (Wildman–Crippen LogP) is 3.83. The molecule has 0 saturated carbocycles. The summed E-state index contributed by atoms with van der Waals surface area (Å²) in [5, 5.41) is 0.616. The lowest BCUT2D eigenvalue weighted by molar-refractivity contribution is -0.147. The zero-order chi connectivity index (χ0) is 20.3. The monoisotopic (exact) mass is 405 g/mol. The van der Waals surface area contributed by atoms with Gasteiger partial charge in [0.25, 0.3) is 5.91 Å². The van der Waals surface area contributed by atoms with Gasteiger partial charge in [-0.3, -0.25) is 4.79 Å². The number of nitrogens with zero attached hydrogens (tertiary/aromatic N) is 1. The van der Waals surface area contributed by atoms with E-state index in [9.17, 15) is 9.59 Å². The van der Waals surface area contributed by atoms with E-state index < -0.39 is 11.2 Å². The molecular weight excluding hydrogens is 382 g/mol. The van der Waals surface area contributed by atoms with Gasteiger partial charge in [-0.1, -0.05) is 11.6 Å². The highest BCUT2D eigenvalue weighted by atomic mass is 35.5. The van der Waals surface area contributed by atoms with Gasteiger partial charge in [0.2, 0.25) is 0 Å². The lowest BCUT2D eigenvalue weighted by Gasteiger charge is -2.37. The van der Waals surface area contributed by atoms with Gasteiger partial charge in [-0.2, -0.15) is 0 Å². The number of ether oxygens (including phenoxy) is 2. The van der Waals surface area contributed by atoms with Crippen LogP contribution in [-0.2, 0) is 4.79 Å². The van der Waals surface area contributed by atoms with Crippen molar-refractivity contribution in [1.82, 2.24) is 4.90 Å². The molecule has 1 aromatic heterocycles. The summed E-state index contributed by atoms with van der Waals surface area (Å²) in [6, 6.07) is 9.99. The molecule has 1 fully saturated rings. The highest BCUT2D eigenvalue weighted by Gasteiger charge is 2.36. The molecule has 2 heterocycles. The van der Waals surface area contributed by atoms with Crippen LogP contribution in [0.5, 0.6) is 11.5 Å². The molecule has 1 amide bonds. The summed E-state index contributed by atoms with van der Waals surface area (Å²) in [4.78, 5) is 26.2. The van der Waals surface area contributed by atoms with Gasteiger partial charge in [0.15, 0.2) is 5.60 Å². The molecule has 1 aromatic carbocycles. The normalized spacial score (nSPS) is 15.4. The van der Waals surface area contributed by atoms with E-state index >= 15 is 0 Å². The number of rotatable bonds is 5. The number of carbonyl (C=O) groups excluding carboxylic acids is 1. The summed E-state index contributed by atoms with van der Waals surface area (Å²) in [5.74, 6) is 1.54. The Bertz CT molecular complexity index is 882. The van der Waals surface area contributed by atoms with Crippen molar-refractivity contribution in [3.63, 3.8) is 0 Å². The summed E-state index contributed by atoms with van der Waals surface area (Å²) in [6.45, 7) is 6.37. The van der Waals surface area contributed by atoms with Crippen molar-refractivity contribution in [1.29, 1.82) is 0 Å². The van der Waals surface area contributed by atoms with E-state index in [0.29, 0.717) is 48.2 Å². The minimum Gasteiger partial charge on any atom is -0.490 e. The summed E-state index contributed by atoms with van der Waals surface area (Å²) in [7, 11) is 0. The Morgan fingerprint density at radius 2 is 1.79 bits per heavy atom. The standard InChI is InChI=1S/C21H24ClNO5/c1-14-12-18(13-19(24)26-14)27-16-8-10-23(11-9-16)20(25)21(2,3)28-17-6-4-15(22)5-7-17/h4-7,12-13,16H,8-11H2,1-3H3. The minimum atomic E-state index is -0.989. The van der Waals surface area contributed by atoms with Gasteiger partial charge >= 0.3 is 5.63 Å². The summed E-state index contributed by atoms with van der Waals surface area (Å²) in [5.41, 5.74) is -1.42. The van der Waals surface area contributed by atoms with E-state index in [1.165, 1.54) is 6.07 Å². The van der Waals surface area contributed by atoms with E-state index in [-0.39, 0.29) is 12.0 Å². The van der Waals surface area contributed by atoms with Crippen molar-refractivity contribution < 1.29 is 18.7 Å². The zero-order valence-corrected chi connectivity index (χ0v) is 17.0. The van der Waals surface area contributed by atoms with E-state index in [4.69, 9.17) is 25.5 Å². The maximum atomic E-state index is 12.9. The van der Waals surface area contributed by atoms with Crippen LogP contribution in [0.3, 0.4) is 0 Å². The first kappa shape index (κ1) is 20.3. The molecule has 1 aliphatic heterocycles. The first-order valence-electron chi connectivity index (χ1n) is 9.25. The number of likely N-dealkylation sites (tertiary alicyclic amines) is 1. The van der Waals surface area contributed by atoms with Gasteiger partial charge in [-0.15, -0.1) is 0 Å². The van der Waals surface area contributed by atoms with E-state index in [1.807, 2.05) is 0 Å². The van der Waals surface area contributed by atoms with E-state index in [0.717, 1.165) is 0 Å². The fourth-order valence-electron chi connectivity index (χ4n) is 3.23. The fraction of sp³-hybridized carbons (Fsp3) is 0.429. The molecule has 0 unspecified atom stereocenters. The Labute approximate surface area is 169 Å². The van der Waals surface area contributed by atoms with Crippen LogP contribution in [0.2, 0.25) is 5.02 Å². The number of amides is 1. The van der Waals surface area contributed by atoms with E-state index in [2.05, 4.69) is 0 Å². The molecule has 0 bridgehead atoms. The Balaban J connectivity index is 1.56. The smallest absolute Gasteiger partial charge is 0.339 e. The van der Waals surface area contributed by atoms with Gasteiger partial charge in [0.1, 0.15) is 23.4 Å². The zero-order valence-electron chi connectivity index (χ0n) is 16.2. The van der Waals surface area contributed by atoms with Gasteiger partial charge in [0.05, 0.1) is 6.07 Å². The number of carbonyl (C=O) groups is 1. The largest absolute Gasteiger partial charge is 0.490 e. The molecule has 1 saturated heterocycles. The molecule has 1 aliphatic rings. The highest BCUT2D eigenvalue weighted by molar-refractivity contribution is 6.30. The molecule has 2 aromatic rings. The van der Waals surface area contributed by atoms with Crippen LogP contribution in [0, 0.1) is 6.92 Å². The van der Waals surface area contributed by atoms with Crippen LogP contribution in [0.25, 0.3) is 0 Å². The Kier molecular flexibility index (Phi) is 5.98. The third-order valence-corrected chi connectivity index (χ3v) is 4.85. The second kappa shape index (κ2) is 8.27. The van der Waals surface area contributed by atoms with Crippen molar-refractivity contribution in [3.05, 3.63) is 57.6 Å². The van der Waals surface area contributed by atoms with Gasteiger partial charge in [-0.05, 0) is 45.0 Å². The summed E-state index contributed by atoms with van der Waals surface area (Å²) < 4.78 is 16.7. The Hall–Kier alpha value is -2.47. The lowest BCUT2D eigenvalue weighted by Crippen LogP contribution is -2.52. The predicted molar refractivity (Wildman–Crippen MR) is 106 cm³/mol. The second-order valence-corrected chi connectivity index (χ2v) is 7.83. The van der Waals surface area contributed by atoms with Crippen LogP contribution >= 0.6 is 11.6 Å². The van der Waals surface area contributed by atoms with Crippen molar-refractivity contribution in [2.75, 3.05) is 13.1 Å². The SMILES string of the molecule is Cc1cc(OC2CCN(C(=O)C(C)(C)Oc3ccc(Cl)cc3)CC2)cc(=O)o1. The summed E-state index contributed by atoms with van der Waals surface area (Å²) >= 11 is 5.89. The molecule has 150 valence electrons. The topological polar surface area (TPSA) is 69.0 Å². The van der Waals surface area contributed by atoms with Gasteiger partial charge in [0, 0.05) is 37.0 Å². The molecule has 7 heteroatoms. The lowest BCUT2D eigenvalue weighted by atomic mass is 10.0. The molecule has 0 aliphatic carbocycles. The number of benzene rings is 1. The van der Waals surface area contributed by atoms with Crippen molar-refractivity contribution in [3.8, 4) is 11.5 Å². The number of piperidine rings is 1. The van der Waals surface area contributed by atoms with Crippen molar-refractivity contribution >= 4 is 17.5 Å². The van der Waals surface area contributed by atoms with Gasteiger partial charge in [-0.25, -0.2) is 4.79 Å². The number of hydrogen-bond acceptors (Lipinski definition) is 5. The molecule has 28 heavy (non-hydrogen) atoms. The van der Waals surface area contributed by atoms with Crippen LogP contribution in [-0.4, -0.2) is 35.6 Å². The summed E-state index contributed by atoms with van der Waals surface area (Å²) in [6.07, 6.45) is 1.31. The molecular formula is C21H24ClNO5. The maximum Gasteiger partial charge on any atom is 0.339 e. The molecule has 0 N–H and O–H groups in total. The molecule has 0 radical (unpaired) electrons. The van der Waals surface area contributed by atoms with Gasteiger partial charge < -0.3 is 18.8 Å².